The standard InChI is InChI=1S/C22H19N3O3S/c1-28-22(27)19-12-11-18(29-19)21(26)25-17(13-14-7-3-2-4-8-14)20-23-15-9-5-6-10-16(15)24-20/h2-12,17H,13H2,1H3,(H,23,24)(H,25,26)/t17-/m0/s1. The highest BCUT2D eigenvalue weighted by molar-refractivity contribution is 7.15. The quantitative estimate of drug-likeness (QED) is 0.473. The molecule has 0 aliphatic heterocycles. The van der Waals surface area contributed by atoms with Gasteiger partial charge in [0, 0.05) is 0 Å². The molecule has 0 bridgehead atoms. The molecule has 0 spiro atoms. The van der Waals surface area contributed by atoms with Gasteiger partial charge in [-0.05, 0) is 36.2 Å². The smallest absolute Gasteiger partial charge is 0.348 e. The lowest BCUT2D eigenvalue weighted by Crippen LogP contribution is -2.30. The second-order valence-corrected chi connectivity index (χ2v) is 7.59. The number of nitrogens with zero attached hydrogens (tertiary/aromatic N) is 1. The number of carbonyl (C=O) groups is 2. The second-order valence-electron chi connectivity index (χ2n) is 6.51. The van der Waals surface area contributed by atoms with Crippen LogP contribution in [0, 0.1) is 0 Å². The van der Waals surface area contributed by atoms with Gasteiger partial charge in [0.1, 0.15) is 10.7 Å². The van der Waals surface area contributed by atoms with Gasteiger partial charge in [-0.1, -0.05) is 42.5 Å². The van der Waals surface area contributed by atoms with Crippen LogP contribution in [-0.2, 0) is 11.2 Å². The summed E-state index contributed by atoms with van der Waals surface area (Å²) in [6.07, 6.45) is 0.585. The molecule has 2 N–H and O–H groups in total. The number of imidazole rings is 1. The van der Waals surface area contributed by atoms with Crippen LogP contribution >= 0.6 is 11.3 Å². The van der Waals surface area contributed by atoms with Crippen molar-refractivity contribution in [3.8, 4) is 0 Å². The van der Waals surface area contributed by atoms with Crippen molar-refractivity contribution in [1.82, 2.24) is 15.3 Å². The Morgan fingerprint density at radius 3 is 2.52 bits per heavy atom. The number of para-hydroxylation sites is 2. The number of hydrogen-bond donors (Lipinski definition) is 2. The lowest BCUT2D eigenvalue weighted by atomic mass is 10.1. The van der Waals surface area contributed by atoms with Crippen molar-refractivity contribution in [3.63, 3.8) is 0 Å². The fourth-order valence-electron chi connectivity index (χ4n) is 3.10. The third-order valence-corrected chi connectivity index (χ3v) is 5.61. The molecular weight excluding hydrogens is 386 g/mol. The van der Waals surface area contributed by atoms with Crippen LogP contribution in [0.5, 0.6) is 0 Å². The van der Waals surface area contributed by atoms with Crippen LogP contribution in [0.25, 0.3) is 11.0 Å². The number of methoxy groups -OCH3 is 1. The molecule has 4 aromatic rings. The lowest BCUT2D eigenvalue weighted by Gasteiger charge is -2.16. The van der Waals surface area contributed by atoms with Crippen molar-refractivity contribution >= 4 is 34.2 Å². The molecule has 4 rings (SSSR count). The average molecular weight is 405 g/mol. The number of hydrogen-bond acceptors (Lipinski definition) is 5. The third kappa shape index (κ3) is 4.20. The Labute approximate surface area is 171 Å². The van der Waals surface area contributed by atoms with Gasteiger partial charge < -0.3 is 15.0 Å². The van der Waals surface area contributed by atoms with E-state index in [1.54, 1.807) is 12.1 Å². The summed E-state index contributed by atoms with van der Waals surface area (Å²) in [4.78, 5) is 33.3. The number of nitrogens with one attached hydrogen (secondary N) is 2. The van der Waals surface area contributed by atoms with Gasteiger partial charge in [0.05, 0.1) is 29.1 Å². The topological polar surface area (TPSA) is 84.1 Å². The minimum absolute atomic E-state index is 0.258. The minimum atomic E-state index is -0.452. The summed E-state index contributed by atoms with van der Waals surface area (Å²) in [7, 11) is 1.32. The van der Waals surface area contributed by atoms with Crippen molar-refractivity contribution in [1.29, 1.82) is 0 Å². The van der Waals surface area contributed by atoms with E-state index in [-0.39, 0.29) is 11.9 Å². The van der Waals surface area contributed by atoms with Crippen LogP contribution in [-0.4, -0.2) is 29.0 Å². The normalized spacial score (nSPS) is 11.9. The number of fused-ring (bicyclic) bond motifs is 1. The first-order valence-corrected chi connectivity index (χ1v) is 9.93. The van der Waals surface area contributed by atoms with Crippen molar-refractivity contribution in [2.75, 3.05) is 7.11 Å². The highest BCUT2D eigenvalue weighted by Crippen LogP contribution is 2.22. The van der Waals surface area contributed by atoms with Crippen molar-refractivity contribution in [2.45, 2.75) is 12.5 Å². The van der Waals surface area contributed by atoms with Gasteiger partial charge in [-0.3, -0.25) is 4.79 Å². The van der Waals surface area contributed by atoms with E-state index in [4.69, 9.17) is 4.74 Å². The van der Waals surface area contributed by atoms with Crippen LogP contribution in [0.4, 0.5) is 0 Å². The number of rotatable bonds is 6. The molecular formula is C22H19N3O3S. The van der Waals surface area contributed by atoms with Crippen LogP contribution in [0.3, 0.4) is 0 Å². The Balaban J connectivity index is 1.62. The van der Waals surface area contributed by atoms with Crippen molar-refractivity contribution in [2.24, 2.45) is 0 Å². The van der Waals surface area contributed by atoms with E-state index >= 15 is 0 Å². The first-order chi connectivity index (χ1) is 14.1. The second kappa shape index (κ2) is 8.28. The van der Waals surface area contributed by atoms with Gasteiger partial charge in [-0.15, -0.1) is 11.3 Å². The molecule has 0 saturated carbocycles. The zero-order valence-corrected chi connectivity index (χ0v) is 16.5. The Morgan fingerprint density at radius 1 is 1.03 bits per heavy atom. The molecule has 0 radical (unpaired) electrons. The number of esters is 1. The molecule has 0 aliphatic carbocycles. The predicted octanol–water partition coefficient (Wildman–Crippen LogP) is 4.12. The molecule has 0 saturated heterocycles. The number of aromatic amines is 1. The summed E-state index contributed by atoms with van der Waals surface area (Å²) < 4.78 is 4.72. The number of thiophene rings is 1. The highest BCUT2D eigenvalue weighted by Gasteiger charge is 2.21. The third-order valence-electron chi connectivity index (χ3n) is 4.54. The van der Waals surface area contributed by atoms with Gasteiger partial charge in [0.15, 0.2) is 0 Å². The van der Waals surface area contributed by atoms with E-state index in [2.05, 4.69) is 15.3 Å². The monoisotopic (exact) mass is 405 g/mol. The molecule has 1 amide bonds. The van der Waals surface area contributed by atoms with Crippen LogP contribution < -0.4 is 5.32 Å². The van der Waals surface area contributed by atoms with E-state index in [1.165, 1.54) is 7.11 Å². The van der Waals surface area contributed by atoms with E-state index in [0.717, 1.165) is 27.9 Å². The average Bonchev–Trinajstić information content (AvgIpc) is 3.41. The largest absolute Gasteiger partial charge is 0.465 e. The number of benzene rings is 2. The van der Waals surface area contributed by atoms with Crippen LogP contribution in [0.15, 0.2) is 66.7 Å². The molecule has 29 heavy (non-hydrogen) atoms. The molecule has 2 aromatic heterocycles. The maximum atomic E-state index is 12.9. The van der Waals surface area contributed by atoms with Crippen LogP contribution in [0.2, 0.25) is 0 Å². The summed E-state index contributed by atoms with van der Waals surface area (Å²) in [6, 6.07) is 20.6. The Bertz CT molecular complexity index is 1120. The highest BCUT2D eigenvalue weighted by atomic mass is 32.1. The van der Waals surface area contributed by atoms with Gasteiger partial charge in [-0.2, -0.15) is 0 Å². The summed E-state index contributed by atoms with van der Waals surface area (Å²) in [5, 5.41) is 3.05. The SMILES string of the molecule is COC(=O)c1ccc(C(=O)N[C@@H](Cc2ccccc2)c2nc3ccccc3[nH]2)s1. The maximum Gasteiger partial charge on any atom is 0.348 e. The Morgan fingerprint density at radius 2 is 1.76 bits per heavy atom. The molecule has 0 aliphatic rings. The summed E-state index contributed by atoms with van der Waals surface area (Å²) in [5.74, 6) is -0.0214. The number of H-pyrrole nitrogens is 1. The van der Waals surface area contributed by atoms with Gasteiger partial charge in [0.2, 0.25) is 0 Å². The number of ether oxygens (including phenoxy) is 1. The maximum absolute atomic E-state index is 12.9. The van der Waals surface area contributed by atoms with E-state index in [0.29, 0.717) is 22.0 Å². The molecule has 2 aromatic carbocycles. The first kappa shape index (κ1) is 18.9. The van der Waals surface area contributed by atoms with Gasteiger partial charge in [0.25, 0.3) is 5.91 Å². The molecule has 6 nitrogen and oxygen atoms in total. The van der Waals surface area contributed by atoms with E-state index < -0.39 is 5.97 Å². The molecule has 7 heteroatoms. The summed E-state index contributed by atoms with van der Waals surface area (Å²) in [5.41, 5.74) is 2.84. The molecule has 1 atom stereocenters. The fraction of sp³-hybridized carbons (Fsp3) is 0.136. The van der Waals surface area contributed by atoms with Crippen molar-refractivity contribution < 1.29 is 14.3 Å². The number of amides is 1. The van der Waals surface area contributed by atoms with E-state index in [1.807, 2.05) is 54.6 Å². The lowest BCUT2D eigenvalue weighted by molar-refractivity contribution is 0.0606. The molecule has 0 fully saturated rings. The molecule has 2 heterocycles. The number of carbonyl (C=O) groups excluding carboxylic acids is 2. The summed E-state index contributed by atoms with van der Waals surface area (Å²) in [6.45, 7) is 0. The van der Waals surface area contributed by atoms with Crippen molar-refractivity contribution in [3.05, 3.63) is 87.9 Å². The fourth-order valence-corrected chi connectivity index (χ4v) is 3.93. The Kier molecular flexibility index (Phi) is 5.39. The minimum Gasteiger partial charge on any atom is -0.465 e. The zero-order chi connectivity index (χ0) is 20.2. The molecule has 146 valence electrons. The predicted molar refractivity (Wildman–Crippen MR) is 112 cm³/mol. The van der Waals surface area contributed by atoms with Crippen LogP contribution in [0.1, 0.15) is 36.8 Å². The summed E-state index contributed by atoms with van der Waals surface area (Å²) >= 11 is 1.10. The molecule has 0 unspecified atom stereocenters. The Hall–Kier alpha value is -3.45. The number of aromatic nitrogens is 2. The van der Waals surface area contributed by atoms with E-state index in [9.17, 15) is 9.59 Å². The van der Waals surface area contributed by atoms with Gasteiger partial charge >= 0.3 is 5.97 Å². The zero-order valence-electron chi connectivity index (χ0n) is 15.7. The first-order valence-electron chi connectivity index (χ1n) is 9.11. The van der Waals surface area contributed by atoms with Gasteiger partial charge in [-0.25, -0.2) is 9.78 Å².